The van der Waals surface area contributed by atoms with Crippen molar-refractivity contribution in [3.05, 3.63) is 102 Å². The van der Waals surface area contributed by atoms with Gasteiger partial charge in [0, 0.05) is 5.92 Å². The first-order valence-electron chi connectivity index (χ1n) is 10.2. The Bertz CT molecular complexity index is 1010. The molecule has 0 fully saturated rings. The van der Waals surface area contributed by atoms with E-state index in [9.17, 15) is 0 Å². The van der Waals surface area contributed by atoms with Gasteiger partial charge in [0.2, 0.25) is 0 Å². The zero-order valence-corrected chi connectivity index (χ0v) is 16.5. The van der Waals surface area contributed by atoms with Gasteiger partial charge in [-0.05, 0) is 47.2 Å². The SMILES string of the molecule is COc1ccc(C2Nc3c(OCc4ccccc4)cccc3C3C=CCC32)cc1. The molecule has 3 aromatic carbocycles. The Labute approximate surface area is 172 Å². The zero-order chi connectivity index (χ0) is 19.6. The molecule has 29 heavy (non-hydrogen) atoms. The molecule has 3 nitrogen and oxygen atoms in total. The molecule has 0 saturated heterocycles. The van der Waals surface area contributed by atoms with Crippen molar-refractivity contribution in [3.63, 3.8) is 0 Å². The number of fused-ring (bicyclic) bond motifs is 3. The highest BCUT2D eigenvalue weighted by atomic mass is 16.5. The summed E-state index contributed by atoms with van der Waals surface area (Å²) in [4.78, 5) is 0. The fraction of sp³-hybridized carbons (Fsp3) is 0.231. The minimum absolute atomic E-state index is 0.245. The summed E-state index contributed by atoms with van der Waals surface area (Å²) in [5, 5.41) is 3.82. The number of rotatable bonds is 5. The van der Waals surface area contributed by atoms with Crippen LogP contribution in [0.2, 0.25) is 0 Å². The lowest BCUT2D eigenvalue weighted by Crippen LogP contribution is -2.29. The van der Waals surface area contributed by atoms with Gasteiger partial charge in [-0.25, -0.2) is 0 Å². The molecule has 3 unspecified atom stereocenters. The second kappa shape index (κ2) is 7.67. The number of anilines is 1. The molecule has 3 atom stereocenters. The lowest BCUT2D eigenvalue weighted by molar-refractivity contribution is 0.304. The number of benzene rings is 3. The van der Waals surface area contributed by atoms with Crippen molar-refractivity contribution in [1.29, 1.82) is 0 Å². The molecule has 0 amide bonds. The number of hydrogen-bond donors (Lipinski definition) is 1. The van der Waals surface area contributed by atoms with E-state index in [-0.39, 0.29) is 6.04 Å². The van der Waals surface area contributed by atoms with Crippen molar-refractivity contribution in [2.75, 3.05) is 12.4 Å². The van der Waals surface area contributed by atoms with Crippen molar-refractivity contribution in [2.24, 2.45) is 5.92 Å². The van der Waals surface area contributed by atoms with Crippen LogP contribution in [0.3, 0.4) is 0 Å². The van der Waals surface area contributed by atoms with E-state index in [2.05, 4.69) is 59.9 Å². The maximum absolute atomic E-state index is 6.25. The van der Waals surface area contributed by atoms with Gasteiger partial charge in [0.15, 0.2) is 0 Å². The predicted molar refractivity (Wildman–Crippen MR) is 117 cm³/mol. The van der Waals surface area contributed by atoms with Crippen LogP contribution in [-0.2, 0) is 6.61 Å². The van der Waals surface area contributed by atoms with Gasteiger partial charge >= 0.3 is 0 Å². The number of ether oxygens (including phenoxy) is 2. The van der Waals surface area contributed by atoms with Crippen LogP contribution in [0.4, 0.5) is 5.69 Å². The molecule has 0 saturated carbocycles. The highest BCUT2D eigenvalue weighted by molar-refractivity contribution is 5.67. The Hall–Kier alpha value is -3.20. The normalized spacial score (nSPS) is 21.8. The first-order chi connectivity index (χ1) is 14.3. The molecule has 5 rings (SSSR count). The van der Waals surface area contributed by atoms with Crippen LogP contribution in [-0.4, -0.2) is 7.11 Å². The van der Waals surface area contributed by atoms with Crippen molar-refractivity contribution >= 4 is 5.69 Å². The Balaban J connectivity index is 1.47. The van der Waals surface area contributed by atoms with Gasteiger partial charge in [-0.2, -0.15) is 0 Å². The Morgan fingerprint density at radius 1 is 0.931 bits per heavy atom. The molecular weight excluding hydrogens is 358 g/mol. The van der Waals surface area contributed by atoms with E-state index in [4.69, 9.17) is 9.47 Å². The predicted octanol–water partition coefficient (Wildman–Crippen LogP) is 6.10. The van der Waals surface area contributed by atoms with Crippen molar-refractivity contribution in [3.8, 4) is 11.5 Å². The number of methoxy groups -OCH3 is 1. The second-order valence-electron chi connectivity index (χ2n) is 7.74. The second-order valence-corrected chi connectivity index (χ2v) is 7.74. The largest absolute Gasteiger partial charge is 0.497 e. The maximum Gasteiger partial charge on any atom is 0.143 e. The number of nitrogens with one attached hydrogen (secondary N) is 1. The standard InChI is InChI=1S/C26H25NO2/c1-28-20-15-13-19(14-16-20)25-22-10-5-9-21(22)23-11-6-12-24(26(23)27-25)29-17-18-7-3-2-4-8-18/h2-9,11-16,21-22,25,27H,10,17H2,1H3. The lowest BCUT2D eigenvalue weighted by atomic mass is 9.77. The first kappa shape index (κ1) is 17.9. The Kier molecular flexibility index (Phi) is 4.73. The summed E-state index contributed by atoms with van der Waals surface area (Å²) in [5.41, 5.74) is 4.91. The molecule has 0 radical (unpaired) electrons. The van der Waals surface area contributed by atoms with Gasteiger partial charge in [-0.1, -0.05) is 66.7 Å². The minimum atomic E-state index is 0.245. The van der Waals surface area contributed by atoms with Crippen LogP contribution in [0.1, 0.15) is 35.1 Å². The van der Waals surface area contributed by atoms with Crippen LogP contribution in [0.5, 0.6) is 11.5 Å². The van der Waals surface area contributed by atoms with Crippen molar-refractivity contribution in [2.45, 2.75) is 25.0 Å². The summed E-state index contributed by atoms with van der Waals surface area (Å²) < 4.78 is 11.6. The highest BCUT2D eigenvalue weighted by Gasteiger charge is 2.38. The molecule has 1 aliphatic carbocycles. The van der Waals surface area contributed by atoms with Gasteiger partial charge in [-0.3, -0.25) is 0 Å². The van der Waals surface area contributed by atoms with Gasteiger partial charge in [0.05, 0.1) is 18.8 Å². The van der Waals surface area contributed by atoms with E-state index in [1.54, 1.807) is 7.11 Å². The monoisotopic (exact) mass is 383 g/mol. The van der Waals surface area contributed by atoms with Crippen molar-refractivity contribution in [1.82, 2.24) is 0 Å². The molecule has 2 aliphatic rings. The smallest absolute Gasteiger partial charge is 0.143 e. The molecule has 1 heterocycles. The Morgan fingerprint density at radius 3 is 2.55 bits per heavy atom. The van der Waals surface area contributed by atoms with Crippen LogP contribution < -0.4 is 14.8 Å². The van der Waals surface area contributed by atoms with E-state index in [0.717, 1.165) is 23.6 Å². The summed E-state index contributed by atoms with van der Waals surface area (Å²) in [6.45, 7) is 0.566. The van der Waals surface area contributed by atoms with Gasteiger partial charge in [0.25, 0.3) is 0 Å². The minimum Gasteiger partial charge on any atom is -0.497 e. The van der Waals surface area contributed by atoms with E-state index < -0.39 is 0 Å². The lowest BCUT2D eigenvalue weighted by Gasteiger charge is -2.38. The molecule has 1 N–H and O–H groups in total. The molecule has 0 bridgehead atoms. The third kappa shape index (κ3) is 3.38. The fourth-order valence-corrected chi connectivity index (χ4v) is 4.59. The van der Waals surface area contributed by atoms with Crippen LogP contribution >= 0.6 is 0 Å². The van der Waals surface area contributed by atoms with Crippen LogP contribution in [0, 0.1) is 5.92 Å². The van der Waals surface area contributed by atoms with Crippen LogP contribution in [0.15, 0.2) is 84.9 Å². The molecule has 146 valence electrons. The molecular formula is C26H25NO2. The van der Waals surface area contributed by atoms with E-state index in [0.29, 0.717) is 18.4 Å². The van der Waals surface area contributed by atoms with E-state index in [1.807, 2.05) is 30.3 Å². The number of allylic oxidation sites excluding steroid dienone is 2. The molecule has 3 heteroatoms. The maximum atomic E-state index is 6.25. The molecule has 0 aromatic heterocycles. The summed E-state index contributed by atoms with van der Waals surface area (Å²) >= 11 is 0. The van der Waals surface area contributed by atoms with Gasteiger partial charge in [0.1, 0.15) is 18.1 Å². The quantitative estimate of drug-likeness (QED) is 0.540. The van der Waals surface area contributed by atoms with E-state index in [1.165, 1.54) is 16.7 Å². The Morgan fingerprint density at radius 2 is 1.76 bits per heavy atom. The first-order valence-corrected chi connectivity index (χ1v) is 10.2. The zero-order valence-electron chi connectivity index (χ0n) is 16.5. The fourth-order valence-electron chi connectivity index (χ4n) is 4.59. The van der Waals surface area contributed by atoms with Gasteiger partial charge in [-0.15, -0.1) is 0 Å². The highest BCUT2D eigenvalue weighted by Crippen LogP contribution is 2.52. The molecule has 0 spiro atoms. The third-order valence-electron chi connectivity index (χ3n) is 6.07. The van der Waals surface area contributed by atoms with Gasteiger partial charge < -0.3 is 14.8 Å². The summed E-state index contributed by atoms with van der Waals surface area (Å²) in [6.07, 6.45) is 5.77. The number of para-hydroxylation sites is 1. The topological polar surface area (TPSA) is 30.5 Å². The average Bonchev–Trinajstić information content (AvgIpc) is 3.28. The van der Waals surface area contributed by atoms with Crippen LogP contribution in [0.25, 0.3) is 0 Å². The summed E-state index contributed by atoms with van der Waals surface area (Å²) in [5.74, 6) is 2.74. The van der Waals surface area contributed by atoms with E-state index >= 15 is 0 Å². The summed E-state index contributed by atoms with van der Waals surface area (Å²) in [6, 6.07) is 25.4. The average molecular weight is 383 g/mol. The third-order valence-corrected chi connectivity index (χ3v) is 6.07. The number of hydrogen-bond acceptors (Lipinski definition) is 3. The molecule has 1 aliphatic heterocycles. The summed E-state index contributed by atoms with van der Waals surface area (Å²) in [7, 11) is 1.71. The molecule has 3 aromatic rings. The van der Waals surface area contributed by atoms with Crippen molar-refractivity contribution < 1.29 is 9.47 Å².